The van der Waals surface area contributed by atoms with Gasteiger partial charge in [0.15, 0.2) is 0 Å². The molecule has 0 saturated heterocycles. The molecule has 0 amide bonds. The van der Waals surface area contributed by atoms with Gasteiger partial charge in [-0.15, -0.1) is 11.3 Å². The summed E-state index contributed by atoms with van der Waals surface area (Å²) in [7, 11) is 0. The maximum absolute atomic E-state index is 13.2. The van der Waals surface area contributed by atoms with Crippen LogP contribution in [0.5, 0.6) is 0 Å². The molecule has 0 aromatic carbocycles. The number of allylic oxidation sites excluding steroid dienone is 1. The van der Waals surface area contributed by atoms with E-state index in [4.69, 9.17) is 4.74 Å². The van der Waals surface area contributed by atoms with Crippen LogP contribution in [0.15, 0.2) is 22.6 Å². The zero-order valence-corrected chi connectivity index (χ0v) is 22.4. The SMILES string of the molecule is C/C1=C\CC(/C(C)=C/c2csc(C)n2)OC(=O)CC(O)C(C)(C)C(=O)C(C)C(O)C(C)CCC1. The first-order valence-corrected chi connectivity index (χ1v) is 13.1. The summed E-state index contributed by atoms with van der Waals surface area (Å²) in [5.41, 5.74) is 1.71. The van der Waals surface area contributed by atoms with Crippen molar-refractivity contribution in [1.29, 1.82) is 0 Å². The van der Waals surface area contributed by atoms with Crippen LogP contribution in [0.3, 0.4) is 0 Å². The number of aliphatic hydroxyl groups is 2. The monoisotopic (exact) mass is 491 g/mol. The summed E-state index contributed by atoms with van der Waals surface area (Å²) < 4.78 is 5.81. The van der Waals surface area contributed by atoms with Crippen molar-refractivity contribution in [1.82, 2.24) is 4.98 Å². The number of aryl methyl sites for hydroxylation is 1. The Morgan fingerprint density at radius 3 is 2.53 bits per heavy atom. The highest BCUT2D eigenvalue weighted by Crippen LogP contribution is 2.32. The Morgan fingerprint density at radius 1 is 1.24 bits per heavy atom. The summed E-state index contributed by atoms with van der Waals surface area (Å²) in [6.45, 7) is 12.8. The van der Waals surface area contributed by atoms with Crippen molar-refractivity contribution in [2.75, 3.05) is 0 Å². The maximum atomic E-state index is 13.2. The first kappa shape index (κ1) is 28.4. The van der Waals surface area contributed by atoms with Crippen molar-refractivity contribution in [2.45, 2.75) is 98.9 Å². The van der Waals surface area contributed by atoms with Gasteiger partial charge in [0, 0.05) is 17.7 Å². The minimum absolute atomic E-state index is 0.0444. The number of carbonyl (C=O) groups excluding carboxylic acids is 2. The van der Waals surface area contributed by atoms with Gasteiger partial charge in [0.05, 0.1) is 34.7 Å². The molecule has 1 aliphatic heterocycles. The van der Waals surface area contributed by atoms with Crippen LogP contribution >= 0.6 is 11.3 Å². The molecular formula is C27H41NO5S. The average molecular weight is 492 g/mol. The van der Waals surface area contributed by atoms with E-state index in [0.717, 1.165) is 35.5 Å². The lowest BCUT2D eigenvalue weighted by Gasteiger charge is -2.34. The summed E-state index contributed by atoms with van der Waals surface area (Å²) >= 11 is 1.56. The van der Waals surface area contributed by atoms with E-state index in [-0.39, 0.29) is 18.1 Å². The highest BCUT2D eigenvalue weighted by Gasteiger charge is 2.42. The Morgan fingerprint density at radius 2 is 1.91 bits per heavy atom. The smallest absolute Gasteiger partial charge is 0.309 e. The molecule has 0 spiro atoms. The Kier molecular flexibility index (Phi) is 10.2. The van der Waals surface area contributed by atoms with E-state index in [1.165, 1.54) is 5.57 Å². The lowest BCUT2D eigenvalue weighted by molar-refractivity contribution is -0.154. The van der Waals surface area contributed by atoms with Gasteiger partial charge in [0.1, 0.15) is 11.9 Å². The fourth-order valence-corrected chi connectivity index (χ4v) is 4.97. The molecule has 5 unspecified atom stereocenters. The molecule has 1 aromatic heterocycles. The average Bonchev–Trinajstić information content (AvgIpc) is 3.18. The third kappa shape index (κ3) is 7.59. The van der Waals surface area contributed by atoms with Gasteiger partial charge in [-0.3, -0.25) is 9.59 Å². The Balaban J connectivity index is 2.33. The van der Waals surface area contributed by atoms with Gasteiger partial charge >= 0.3 is 5.97 Å². The molecule has 1 aliphatic rings. The van der Waals surface area contributed by atoms with E-state index in [2.05, 4.69) is 18.0 Å². The van der Waals surface area contributed by atoms with E-state index >= 15 is 0 Å². The molecule has 5 atom stereocenters. The Hall–Kier alpha value is -1.83. The zero-order chi connectivity index (χ0) is 25.6. The number of rotatable bonds is 2. The van der Waals surface area contributed by atoms with Crippen LogP contribution in [-0.2, 0) is 14.3 Å². The third-order valence-electron chi connectivity index (χ3n) is 7.04. The molecule has 0 aliphatic carbocycles. The van der Waals surface area contributed by atoms with Crippen molar-refractivity contribution in [2.24, 2.45) is 17.3 Å². The second-order valence-electron chi connectivity index (χ2n) is 10.4. The quantitative estimate of drug-likeness (QED) is 0.432. The minimum Gasteiger partial charge on any atom is -0.457 e. The lowest BCUT2D eigenvalue weighted by atomic mass is 9.73. The van der Waals surface area contributed by atoms with E-state index in [9.17, 15) is 19.8 Å². The van der Waals surface area contributed by atoms with Gasteiger partial charge in [0.25, 0.3) is 0 Å². The van der Waals surface area contributed by atoms with Crippen LogP contribution in [-0.4, -0.2) is 45.3 Å². The molecule has 34 heavy (non-hydrogen) atoms. The second-order valence-corrected chi connectivity index (χ2v) is 11.5. The largest absolute Gasteiger partial charge is 0.457 e. The Bertz CT molecular complexity index is 916. The van der Waals surface area contributed by atoms with Crippen LogP contribution in [0.1, 0.15) is 84.3 Å². The van der Waals surface area contributed by atoms with Crippen molar-refractivity contribution in [3.8, 4) is 0 Å². The lowest BCUT2D eigenvalue weighted by Crippen LogP contribution is -2.45. The van der Waals surface area contributed by atoms with Gasteiger partial charge in [-0.1, -0.05) is 39.3 Å². The molecule has 0 bridgehead atoms. The number of carbonyl (C=O) groups is 2. The third-order valence-corrected chi connectivity index (χ3v) is 7.83. The predicted octanol–water partition coefficient (Wildman–Crippen LogP) is 5.27. The fraction of sp³-hybridized carbons (Fsp3) is 0.667. The number of thiazole rings is 1. The summed E-state index contributed by atoms with van der Waals surface area (Å²) in [5, 5.41) is 24.5. The fourth-order valence-electron chi connectivity index (χ4n) is 4.40. The number of hydrogen-bond donors (Lipinski definition) is 2. The molecule has 7 heteroatoms. The van der Waals surface area contributed by atoms with Gasteiger partial charge in [-0.05, 0) is 57.6 Å². The molecule has 2 heterocycles. The number of hydrogen-bond acceptors (Lipinski definition) is 7. The van der Waals surface area contributed by atoms with Crippen molar-refractivity contribution < 1.29 is 24.5 Å². The summed E-state index contributed by atoms with van der Waals surface area (Å²) in [4.78, 5) is 30.5. The first-order chi connectivity index (χ1) is 15.8. The van der Waals surface area contributed by atoms with Crippen LogP contribution in [0.4, 0.5) is 0 Å². The van der Waals surface area contributed by atoms with Crippen LogP contribution in [0.2, 0.25) is 0 Å². The van der Waals surface area contributed by atoms with E-state index in [1.54, 1.807) is 32.1 Å². The normalized spacial score (nSPS) is 32.1. The van der Waals surface area contributed by atoms with Gasteiger partial charge in [0.2, 0.25) is 0 Å². The predicted molar refractivity (Wildman–Crippen MR) is 136 cm³/mol. The van der Waals surface area contributed by atoms with Gasteiger partial charge in [-0.2, -0.15) is 0 Å². The summed E-state index contributed by atoms with van der Waals surface area (Å²) in [6.07, 6.45) is 4.33. The molecule has 0 radical (unpaired) electrons. The summed E-state index contributed by atoms with van der Waals surface area (Å²) in [6, 6.07) is 0. The zero-order valence-electron chi connectivity index (χ0n) is 21.6. The number of esters is 1. The highest BCUT2D eigenvalue weighted by atomic mass is 32.1. The molecule has 0 saturated carbocycles. The van der Waals surface area contributed by atoms with Gasteiger partial charge < -0.3 is 14.9 Å². The first-order valence-electron chi connectivity index (χ1n) is 12.2. The number of Topliss-reactive ketones (excluding diaryl/α,β-unsaturated/α-hetero) is 1. The van der Waals surface area contributed by atoms with Crippen molar-refractivity contribution in [3.63, 3.8) is 0 Å². The molecule has 190 valence electrons. The molecule has 6 nitrogen and oxygen atoms in total. The van der Waals surface area contributed by atoms with Crippen molar-refractivity contribution >= 4 is 29.2 Å². The van der Waals surface area contributed by atoms with E-state index in [1.807, 2.05) is 32.2 Å². The standard InChI is InChI=1S/C27H41NO5S/c1-16-9-8-10-17(2)25(31)19(4)26(32)27(6,7)23(29)14-24(30)33-22(12-11-16)18(3)13-21-15-34-20(5)28-21/h11,13,15,17,19,22-23,25,29,31H,8-10,12,14H2,1-7H3/b16-11+,18-13+. The van der Waals surface area contributed by atoms with Crippen LogP contribution in [0.25, 0.3) is 6.08 Å². The molecule has 2 rings (SSSR count). The summed E-state index contributed by atoms with van der Waals surface area (Å²) in [5.74, 6) is -1.49. The topological polar surface area (TPSA) is 96.7 Å². The number of cyclic esters (lactones) is 1. The van der Waals surface area contributed by atoms with E-state index in [0.29, 0.717) is 6.42 Å². The molecule has 0 fully saturated rings. The number of nitrogens with zero attached hydrogens (tertiary/aromatic N) is 1. The highest BCUT2D eigenvalue weighted by molar-refractivity contribution is 7.09. The minimum atomic E-state index is -1.21. The van der Waals surface area contributed by atoms with Crippen LogP contribution in [0, 0.1) is 24.2 Å². The van der Waals surface area contributed by atoms with E-state index < -0.39 is 35.6 Å². The number of ether oxygens (including phenoxy) is 1. The van der Waals surface area contributed by atoms with Gasteiger partial charge in [-0.25, -0.2) is 4.98 Å². The number of aromatic nitrogens is 1. The maximum Gasteiger partial charge on any atom is 0.309 e. The number of ketones is 1. The molecule has 1 aromatic rings. The number of aliphatic hydroxyl groups excluding tert-OH is 2. The molecular weight excluding hydrogens is 450 g/mol. The second kappa shape index (κ2) is 12.2. The van der Waals surface area contributed by atoms with Crippen molar-refractivity contribution in [3.05, 3.63) is 33.3 Å². The Labute approximate surface area is 208 Å². The molecule has 2 N–H and O–H groups in total. The van der Waals surface area contributed by atoms with Crippen LogP contribution < -0.4 is 0 Å².